The minimum absolute atomic E-state index is 0.182. The molecule has 5 nitrogen and oxygen atoms in total. The van der Waals surface area contributed by atoms with Gasteiger partial charge < -0.3 is 10.6 Å². The summed E-state index contributed by atoms with van der Waals surface area (Å²) in [4.78, 5) is 20.8. The summed E-state index contributed by atoms with van der Waals surface area (Å²) < 4.78 is 0.754. The predicted molar refractivity (Wildman–Crippen MR) is 97.9 cm³/mol. The van der Waals surface area contributed by atoms with Crippen molar-refractivity contribution in [3.8, 4) is 0 Å². The first kappa shape index (κ1) is 16.1. The van der Waals surface area contributed by atoms with E-state index in [2.05, 4.69) is 36.5 Å². The van der Waals surface area contributed by atoms with Gasteiger partial charge in [0.2, 0.25) is 0 Å². The Hall–Kier alpha value is -2.73. The molecule has 120 valence electrons. The van der Waals surface area contributed by atoms with Crippen LogP contribution in [0.25, 0.3) is 0 Å². The first-order valence-corrected chi connectivity index (χ1v) is 8.17. The molecule has 0 radical (unpaired) electrons. The summed E-state index contributed by atoms with van der Waals surface area (Å²) in [6.07, 6.45) is 3.38. The maximum absolute atomic E-state index is 12.2. The highest BCUT2D eigenvalue weighted by Gasteiger charge is 2.09. The summed E-state index contributed by atoms with van der Waals surface area (Å²) in [5, 5.41) is 6.02. The van der Waals surface area contributed by atoms with Crippen LogP contribution in [0.15, 0.2) is 71.5 Å². The van der Waals surface area contributed by atoms with Gasteiger partial charge >= 0.3 is 0 Å². The smallest absolute Gasteiger partial charge is 0.256 e. The highest BCUT2D eigenvalue weighted by atomic mass is 79.9. The predicted octanol–water partition coefficient (Wildman–Crippen LogP) is 4.10. The number of benzene rings is 1. The van der Waals surface area contributed by atoms with E-state index in [0.29, 0.717) is 17.8 Å². The topological polar surface area (TPSA) is 66.9 Å². The summed E-state index contributed by atoms with van der Waals surface area (Å²) in [6.45, 7) is 0.594. The Balaban J connectivity index is 1.60. The van der Waals surface area contributed by atoms with Crippen molar-refractivity contribution in [1.82, 2.24) is 9.97 Å². The molecule has 2 aromatic heterocycles. The average Bonchev–Trinajstić information content (AvgIpc) is 2.62. The van der Waals surface area contributed by atoms with Gasteiger partial charge in [0.05, 0.1) is 29.7 Å². The molecule has 0 spiro atoms. The van der Waals surface area contributed by atoms with Gasteiger partial charge in [0, 0.05) is 10.7 Å². The maximum Gasteiger partial charge on any atom is 0.256 e. The monoisotopic (exact) mass is 382 g/mol. The standard InChI is InChI=1S/C18H15BrN4O/c19-16-7-2-1-6-15(16)18(24)23-14-8-9-17(22-12-14)21-11-13-5-3-4-10-20-13/h1-10,12H,11H2,(H,21,22)(H,23,24). The fraction of sp³-hybridized carbons (Fsp3) is 0.0556. The van der Waals surface area contributed by atoms with Gasteiger partial charge in [-0.05, 0) is 52.3 Å². The van der Waals surface area contributed by atoms with Crippen LogP contribution >= 0.6 is 15.9 Å². The van der Waals surface area contributed by atoms with E-state index in [4.69, 9.17) is 0 Å². The molecule has 2 heterocycles. The largest absolute Gasteiger partial charge is 0.364 e. The van der Waals surface area contributed by atoms with E-state index in [9.17, 15) is 4.79 Å². The van der Waals surface area contributed by atoms with E-state index < -0.39 is 0 Å². The third-order valence-electron chi connectivity index (χ3n) is 3.32. The second kappa shape index (κ2) is 7.70. The van der Waals surface area contributed by atoms with Crippen LogP contribution < -0.4 is 10.6 Å². The zero-order chi connectivity index (χ0) is 16.8. The molecule has 3 rings (SSSR count). The number of carbonyl (C=O) groups excluding carboxylic acids is 1. The summed E-state index contributed by atoms with van der Waals surface area (Å²) in [7, 11) is 0. The molecule has 2 N–H and O–H groups in total. The van der Waals surface area contributed by atoms with Crippen molar-refractivity contribution in [2.45, 2.75) is 6.54 Å². The molecule has 0 aliphatic carbocycles. The number of aromatic nitrogens is 2. The minimum atomic E-state index is -0.182. The van der Waals surface area contributed by atoms with Gasteiger partial charge in [0.1, 0.15) is 5.82 Å². The summed E-state index contributed by atoms with van der Waals surface area (Å²) in [6, 6.07) is 16.7. The van der Waals surface area contributed by atoms with Crippen LogP contribution in [0, 0.1) is 0 Å². The van der Waals surface area contributed by atoms with Crippen LogP contribution in [0.3, 0.4) is 0 Å². The van der Waals surface area contributed by atoms with E-state index in [-0.39, 0.29) is 5.91 Å². The van der Waals surface area contributed by atoms with Gasteiger partial charge in [-0.3, -0.25) is 9.78 Å². The van der Waals surface area contributed by atoms with Crippen molar-refractivity contribution in [3.63, 3.8) is 0 Å². The number of amides is 1. The van der Waals surface area contributed by atoms with Gasteiger partial charge in [-0.2, -0.15) is 0 Å². The summed E-state index contributed by atoms with van der Waals surface area (Å²) >= 11 is 3.37. The minimum Gasteiger partial charge on any atom is -0.364 e. The van der Waals surface area contributed by atoms with Crippen molar-refractivity contribution in [2.75, 3.05) is 10.6 Å². The Morgan fingerprint density at radius 1 is 1.00 bits per heavy atom. The molecule has 1 aromatic carbocycles. The van der Waals surface area contributed by atoms with E-state index >= 15 is 0 Å². The number of hydrogen-bond acceptors (Lipinski definition) is 4. The van der Waals surface area contributed by atoms with E-state index in [1.165, 1.54) is 0 Å². The molecule has 0 bridgehead atoms. The van der Waals surface area contributed by atoms with Crippen LogP contribution in [0.1, 0.15) is 16.1 Å². The van der Waals surface area contributed by atoms with Crippen LogP contribution in [0.5, 0.6) is 0 Å². The number of nitrogens with zero attached hydrogens (tertiary/aromatic N) is 2. The molecule has 0 saturated carbocycles. The highest BCUT2D eigenvalue weighted by Crippen LogP contribution is 2.18. The SMILES string of the molecule is O=C(Nc1ccc(NCc2ccccn2)nc1)c1ccccc1Br. The van der Waals surface area contributed by atoms with E-state index in [1.54, 1.807) is 18.5 Å². The van der Waals surface area contributed by atoms with Gasteiger partial charge in [-0.25, -0.2) is 4.98 Å². The normalized spacial score (nSPS) is 10.2. The lowest BCUT2D eigenvalue weighted by molar-refractivity contribution is 0.102. The Kier molecular flexibility index (Phi) is 5.18. The fourth-order valence-corrected chi connectivity index (χ4v) is 2.56. The third kappa shape index (κ3) is 4.17. The van der Waals surface area contributed by atoms with Gasteiger partial charge in [-0.1, -0.05) is 18.2 Å². The lowest BCUT2D eigenvalue weighted by Gasteiger charge is -2.08. The number of nitrogens with one attached hydrogen (secondary N) is 2. The van der Waals surface area contributed by atoms with Crippen LogP contribution in [0.2, 0.25) is 0 Å². The lowest BCUT2D eigenvalue weighted by atomic mass is 10.2. The molecule has 0 unspecified atom stereocenters. The van der Waals surface area contributed by atoms with E-state index in [0.717, 1.165) is 16.0 Å². The number of carbonyl (C=O) groups is 1. The highest BCUT2D eigenvalue weighted by molar-refractivity contribution is 9.10. The van der Waals surface area contributed by atoms with E-state index in [1.807, 2.05) is 48.5 Å². The quantitative estimate of drug-likeness (QED) is 0.696. The number of halogens is 1. The summed E-state index contributed by atoms with van der Waals surface area (Å²) in [5.74, 6) is 0.540. The molecule has 6 heteroatoms. The molecule has 1 amide bonds. The van der Waals surface area contributed by atoms with Gasteiger partial charge in [0.25, 0.3) is 5.91 Å². The zero-order valence-electron chi connectivity index (χ0n) is 12.7. The Bertz CT molecular complexity index is 822. The van der Waals surface area contributed by atoms with Crippen molar-refractivity contribution < 1.29 is 4.79 Å². The van der Waals surface area contributed by atoms with Crippen molar-refractivity contribution in [1.29, 1.82) is 0 Å². The first-order valence-electron chi connectivity index (χ1n) is 7.38. The average molecular weight is 383 g/mol. The first-order chi connectivity index (χ1) is 11.7. The third-order valence-corrected chi connectivity index (χ3v) is 4.01. The number of anilines is 2. The molecule has 0 aliphatic heterocycles. The maximum atomic E-state index is 12.2. The van der Waals surface area contributed by atoms with Crippen molar-refractivity contribution >= 4 is 33.3 Å². The Morgan fingerprint density at radius 2 is 1.83 bits per heavy atom. The lowest BCUT2D eigenvalue weighted by Crippen LogP contribution is -2.12. The molecule has 0 saturated heterocycles. The Morgan fingerprint density at radius 3 is 2.54 bits per heavy atom. The molecule has 0 aliphatic rings. The number of hydrogen-bond donors (Lipinski definition) is 2. The second-order valence-corrected chi connectivity index (χ2v) is 5.90. The molecule has 0 atom stereocenters. The number of rotatable bonds is 5. The fourth-order valence-electron chi connectivity index (χ4n) is 2.10. The second-order valence-electron chi connectivity index (χ2n) is 5.04. The van der Waals surface area contributed by atoms with Gasteiger partial charge in [0.15, 0.2) is 0 Å². The van der Waals surface area contributed by atoms with Crippen molar-refractivity contribution in [3.05, 3.63) is 82.7 Å². The zero-order valence-corrected chi connectivity index (χ0v) is 14.3. The molecule has 0 fully saturated rings. The summed E-state index contributed by atoms with van der Waals surface area (Å²) in [5.41, 5.74) is 2.15. The molecular formula is C18H15BrN4O. The van der Waals surface area contributed by atoms with Crippen molar-refractivity contribution in [2.24, 2.45) is 0 Å². The van der Waals surface area contributed by atoms with Crippen LogP contribution in [-0.4, -0.2) is 15.9 Å². The number of pyridine rings is 2. The van der Waals surface area contributed by atoms with Gasteiger partial charge in [-0.15, -0.1) is 0 Å². The molecular weight excluding hydrogens is 368 g/mol. The molecule has 3 aromatic rings. The van der Waals surface area contributed by atoms with Crippen LogP contribution in [0.4, 0.5) is 11.5 Å². The van der Waals surface area contributed by atoms with Crippen LogP contribution in [-0.2, 0) is 6.54 Å². The Labute approximate surface area is 148 Å². The molecule has 24 heavy (non-hydrogen) atoms.